The molecule has 0 radical (unpaired) electrons. The molecule has 2 fully saturated rings. The topological polar surface area (TPSA) is 20.3 Å². The number of nitrogens with zero attached hydrogens (tertiary/aromatic N) is 1. The molecule has 88 valence electrons. The van der Waals surface area contributed by atoms with E-state index in [2.05, 4.69) is 4.90 Å². The molecule has 0 unspecified atom stereocenters. The Bertz CT molecular complexity index is 316. The summed E-state index contributed by atoms with van der Waals surface area (Å²) in [5.41, 5.74) is 2.01. The third-order valence-corrected chi connectivity index (χ3v) is 4.85. The zero-order valence-electron chi connectivity index (χ0n) is 10.0. The Labute approximate surface area is 97.7 Å². The van der Waals surface area contributed by atoms with Crippen molar-refractivity contribution in [2.24, 2.45) is 5.41 Å². The van der Waals surface area contributed by atoms with Crippen LogP contribution in [0.2, 0.25) is 0 Å². The van der Waals surface area contributed by atoms with Crippen molar-refractivity contribution in [2.75, 3.05) is 13.1 Å². The smallest absolute Gasteiger partial charge is 0.157 e. The van der Waals surface area contributed by atoms with Crippen LogP contribution in [0.25, 0.3) is 0 Å². The maximum absolute atomic E-state index is 11.2. The highest BCUT2D eigenvalue weighted by Crippen LogP contribution is 2.46. The Hall–Kier alpha value is -0.790. The standard InChI is InChI=1S/C14H21NO/c16-13-4-3-12(11-13)15-9-7-14(8-10-15)5-1-2-6-14/h11H,1-10H2. The molecule has 0 aromatic carbocycles. The highest BCUT2D eigenvalue weighted by atomic mass is 16.1. The van der Waals surface area contributed by atoms with E-state index in [1.165, 1.54) is 57.3 Å². The summed E-state index contributed by atoms with van der Waals surface area (Å²) in [4.78, 5) is 13.7. The first kappa shape index (κ1) is 10.4. The summed E-state index contributed by atoms with van der Waals surface area (Å²) in [5, 5.41) is 0. The average molecular weight is 219 g/mol. The van der Waals surface area contributed by atoms with E-state index in [0.717, 1.165) is 12.8 Å². The second-order valence-electron chi connectivity index (χ2n) is 5.80. The van der Waals surface area contributed by atoms with Gasteiger partial charge in [-0.25, -0.2) is 0 Å². The molecule has 3 aliphatic rings. The Morgan fingerprint density at radius 1 is 1.00 bits per heavy atom. The summed E-state index contributed by atoms with van der Waals surface area (Å²) in [6.07, 6.45) is 12.1. The molecule has 2 aliphatic carbocycles. The molecule has 1 saturated carbocycles. The number of hydrogen-bond acceptors (Lipinski definition) is 2. The number of rotatable bonds is 1. The second-order valence-corrected chi connectivity index (χ2v) is 5.80. The zero-order chi connectivity index (χ0) is 11.0. The lowest BCUT2D eigenvalue weighted by molar-refractivity contribution is -0.114. The van der Waals surface area contributed by atoms with E-state index in [9.17, 15) is 4.79 Å². The van der Waals surface area contributed by atoms with Gasteiger partial charge in [-0.05, 0) is 37.5 Å². The molecule has 16 heavy (non-hydrogen) atoms. The molecule has 0 N–H and O–H groups in total. The number of ketones is 1. The number of piperidine rings is 1. The predicted molar refractivity (Wildman–Crippen MR) is 64.0 cm³/mol. The first-order valence-corrected chi connectivity index (χ1v) is 6.76. The van der Waals surface area contributed by atoms with Gasteiger partial charge >= 0.3 is 0 Å². The van der Waals surface area contributed by atoms with Crippen LogP contribution in [0.4, 0.5) is 0 Å². The van der Waals surface area contributed by atoms with Crippen LogP contribution in [0.15, 0.2) is 11.8 Å². The average Bonchev–Trinajstić information content (AvgIpc) is 2.90. The van der Waals surface area contributed by atoms with E-state index in [1.54, 1.807) is 0 Å². The van der Waals surface area contributed by atoms with Gasteiger partial charge in [0, 0.05) is 31.3 Å². The van der Waals surface area contributed by atoms with Crippen molar-refractivity contribution in [1.82, 2.24) is 4.90 Å². The lowest BCUT2D eigenvalue weighted by atomic mass is 9.77. The van der Waals surface area contributed by atoms with Crippen LogP contribution in [0, 0.1) is 5.41 Å². The number of carbonyl (C=O) groups is 1. The monoisotopic (exact) mass is 219 g/mol. The molecule has 1 spiro atoms. The Balaban J connectivity index is 1.62. The maximum Gasteiger partial charge on any atom is 0.157 e. The summed E-state index contributed by atoms with van der Waals surface area (Å²) < 4.78 is 0. The van der Waals surface area contributed by atoms with E-state index in [4.69, 9.17) is 0 Å². The lowest BCUT2D eigenvalue weighted by Gasteiger charge is -2.41. The number of allylic oxidation sites excluding steroid dienone is 2. The Kier molecular flexibility index (Phi) is 2.53. The SMILES string of the molecule is O=C1C=C(N2CCC3(CCCC3)CC2)CC1. The minimum absolute atomic E-state index is 0.330. The molecule has 0 bridgehead atoms. The van der Waals surface area contributed by atoms with Crippen molar-refractivity contribution >= 4 is 5.78 Å². The molecule has 2 heteroatoms. The second kappa shape index (κ2) is 3.90. The van der Waals surface area contributed by atoms with Crippen LogP contribution in [0.3, 0.4) is 0 Å². The fourth-order valence-electron chi connectivity index (χ4n) is 3.72. The summed E-state index contributed by atoms with van der Waals surface area (Å²) in [6.45, 7) is 2.39. The van der Waals surface area contributed by atoms with E-state index < -0.39 is 0 Å². The molecule has 1 aliphatic heterocycles. The van der Waals surface area contributed by atoms with Crippen molar-refractivity contribution in [3.05, 3.63) is 11.8 Å². The fourth-order valence-corrected chi connectivity index (χ4v) is 3.72. The summed E-state index contributed by atoms with van der Waals surface area (Å²) in [6, 6.07) is 0. The van der Waals surface area contributed by atoms with Crippen LogP contribution >= 0.6 is 0 Å². The van der Waals surface area contributed by atoms with Crippen molar-refractivity contribution < 1.29 is 4.79 Å². The minimum atomic E-state index is 0.330. The van der Waals surface area contributed by atoms with E-state index in [-0.39, 0.29) is 0 Å². The highest BCUT2D eigenvalue weighted by molar-refractivity contribution is 5.92. The third kappa shape index (κ3) is 1.79. The van der Waals surface area contributed by atoms with Crippen LogP contribution in [0.5, 0.6) is 0 Å². The molecule has 0 aromatic rings. The zero-order valence-corrected chi connectivity index (χ0v) is 10.0. The third-order valence-electron chi connectivity index (χ3n) is 4.85. The van der Waals surface area contributed by atoms with Gasteiger partial charge in [-0.1, -0.05) is 12.8 Å². The maximum atomic E-state index is 11.2. The summed E-state index contributed by atoms with van der Waals surface area (Å²) >= 11 is 0. The van der Waals surface area contributed by atoms with Crippen molar-refractivity contribution in [3.8, 4) is 0 Å². The summed E-state index contributed by atoms with van der Waals surface area (Å²) in [7, 11) is 0. The van der Waals surface area contributed by atoms with E-state index in [0.29, 0.717) is 11.2 Å². The highest BCUT2D eigenvalue weighted by Gasteiger charge is 2.37. The predicted octanol–water partition coefficient (Wildman–Crippen LogP) is 2.89. The molecule has 1 heterocycles. The fraction of sp³-hybridized carbons (Fsp3) is 0.786. The first-order valence-electron chi connectivity index (χ1n) is 6.76. The van der Waals surface area contributed by atoms with Crippen LogP contribution in [0.1, 0.15) is 51.4 Å². The van der Waals surface area contributed by atoms with Gasteiger partial charge in [0.1, 0.15) is 0 Å². The number of carbonyl (C=O) groups excluding carboxylic acids is 1. The first-order chi connectivity index (χ1) is 7.77. The molecule has 3 rings (SSSR count). The Morgan fingerprint density at radius 2 is 1.69 bits per heavy atom. The number of likely N-dealkylation sites (tertiary alicyclic amines) is 1. The van der Waals surface area contributed by atoms with Gasteiger partial charge in [-0.15, -0.1) is 0 Å². The van der Waals surface area contributed by atoms with Gasteiger partial charge in [0.25, 0.3) is 0 Å². The van der Waals surface area contributed by atoms with Crippen molar-refractivity contribution in [2.45, 2.75) is 51.4 Å². The van der Waals surface area contributed by atoms with Crippen molar-refractivity contribution in [3.63, 3.8) is 0 Å². The van der Waals surface area contributed by atoms with Gasteiger partial charge in [-0.2, -0.15) is 0 Å². The molecule has 0 aromatic heterocycles. The molecular weight excluding hydrogens is 198 g/mol. The van der Waals surface area contributed by atoms with Crippen LogP contribution in [-0.2, 0) is 4.79 Å². The van der Waals surface area contributed by atoms with Gasteiger partial charge in [0.05, 0.1) is 0 Å². The minimum Gasteiger partial charge on any atom is -0.375 e. The Morgan fingerprint density at radius 3 is 2.25 bits per heavy atom. The van der Waals surface area contributed by atoms with Gasteiger partial charge < -0.3 is 4.90 Å². The normalized spacial score (nSPS) is 28.9. The molecule has 0 amide bonds. The largest absolute Gasteiger partial charge is 0.375 e. The molecule has 0 atom stereocenters. The molecule has 1 saturated heterocycles. The quantitative estimate of drug-likeness (QED) is 0.676. The van der Waals surface area contributed by atoms with Crippen LogP contribution in [-0.4, -0.2) is 23.8 Å². The van der Waals surface area contributed by atoms with Gasteiger partial charge in [-0.3, -0.25) is 4.79 Å². The molecular formula is C14H21NO. The van der Waals surface area contributed by atoms with E-state index >= 15 is 0 Å². The lowest BCUT2D eigenvalue weighted by Crippen LogP contribution is -2.37. The molecule has 2 nitrogen and oxygen atoms in total. The van der Waals surface area contributed by atoms with E-state index in [1.807, 2.05) is 6.08 Å². The van der Waals surface area contributed by atoms with Gasteiger partial charge in [0.15, 0.2) is 5.78 Å². The summed E-state index contributed by atoms with van der Waals surface area (Å²) in [5.74, 6) is 0.330. The van der Waals surface area contributed by atoms with Gasteiger partial charge in [0.2, 0.25) is 0 Å². The number of hydrogen-bond donors (Lipinski definition) is 0. The van der Waals surface area contributed by atoms with Crippen LogP contribution < -0.4 is 0 Å². The van der Waals surface area contributed by atoms with Crippen molar-refractivity contribution in [1.29, 1.82) is 0 Å².